The van der Waals surface area contributed by atoms with E-state index >= 15 is 0 Å². The Morgan fingerprint density at radius 2 is 2.05 bits per heavy atom. The lowest BCUT2D eigenvalue weighted by Gasteiger charge is -2.18. The summed E-state index contributed by atoms with van der Waals surface area (Å²) in [6, 6.07) is 2.65. The summed E-state index contributed by atoms with van der Waals surface area (Å²) in [7, 11) is 0. The molecule has 2 heterocycles. The second-order valence-electron chi connectivity index (χ2n) is 6.09. The van der Waals surface area contributed by atoms with Gasteiger partial charge < -0.3 is 5.32 Å². The van der Waals surface area contributed by atoms with Gasteiger partial charge in [-0.05, 0) is 11.4 Å². The van der Waals surface area contributed by atoms with Crippen LogP contribution in [-0.2, 0) is 12.0 Å². The molecule has 0 saturated heterocycles. The molecule has 0 radical (unpaired) electrons. The fourth-order valence-corrected chi connectivity index (χ4v) is 3.80. The maximum absolute atomic E-state index is 4.89. The highest BCUT2D eigenvalue weighted by molar-refractivity contribution is 7.15. The topological polar surface area (TPSA) is 24.9 Å². The number of nitrogens with zero attached hydrogens (tertiary/aromatic N) is 1. The largest absolute Gasteiger partial charge is 0.310 e. The first kappa shape index (κ1) is 14.7. The summed E-state index contributed by atoms with van der Waals surface area (Å²) < 4.78 is 0. The predicted molar refractivity (Wildman–Crippen MR) is 86.1 cm³/mol. The van der Waals surface area contributed by atoms with E-state index in [4.69, 9.17) is 4.98 Å². The monoisotopic (exact) mass is 294 g/mol. The van der Waals surface area contributed by atoms with Gasteiger partial charge in [0.1, 0.15) is 5.01 Å². The van der Waals surface area contributed by atoms with Crippen molar-refractivity contribution in [3.8, 4) is 10.6 Å². The number of thiazole rings is 1. The summed E-state index contributed by atoms with van der Waals surface area (Å²) in [4.78, 5) is 6.25. The summed E-state index contributed by atoms with van der Waals surface area (Å²) in [5.41, 5.74) is 2.57. The van der Waals surface area contributed by atoms with E-state index < -0.39 is 0 Å². The minimum atomic E-state index is 0.0960. The van der Waals surface area contributed by atoms with Crippen molar-refractivity contribution in [2.75, 3.05) is 0 Å². The third-order valence-corrected chi connectivity index (χ3v) is 4.63. The van der Waals surface area contributed by atoms with Crippen molar-refractivity contribution in [2.45, 2.75) is 52.6 Å². The Morgan fingerprint density at radius 1 is 1.32 bits per heavy atom. The molecule has 0 unspecified atom stereocenters. The second-order valence-corrected chi connectivity index (χ2v) is 7.95. The first-order valence-electron chi connectivity index (χ1n) is 6.64. The van der Waals surface area contributed by atoms with Crippen LogP contribution >= 0.6 is 22.7 Å². The van der Waals surface area contributed by atoms with Gasteiger partial charge in [-0.3, -0.25) is 0 Å². The zero-order chi connectivity index (χ0) is 14.0. The van der Waals surface area contributed by atoms with Crippen molar-refractivity contribution in [1.82, 2.24) is 10.3 Å². The minimum absolute atomic E-state index is 0.0960. The molecule has 19 heavy (non-hydrogen) atoms. The normalized spacial score (nSPS) is 12.3. The predicted octanol–water partition coefficient (Wildman–Crippen LogP) is 4.67. The lowest BCUT2D eigenvalue weighted by Crippen LogP contribution is -2.23. The quantitative estimate of drug-likeness (QED) is 0.886. The van der Waals surface area contributed by atoms with Gasteiger partial charge in [0, 0.05) is 33.8 Å². The zero-order valence-corrected chi connectivity index (χ0v) is 13.9. The van der Waals surface area contributed by atoms with Crippen molar-refractivity contribution in [3.63, 3.8) is 0 Å². The Kier molecular flexibility index (Phi) is 4.43. The fraction of sp³-hybridized carbons (Fsp3) is 0.533. The minimum Gasteiger partial charge on any atom is -0.310 e. The molecule has 2 nitrogen and oxygen atoms in total. The Bertz CT molecular complexity index is 519. The van der Waals surface area contributed by atoms with E-state index in [2.05, 4.69) is 56.8 Å². The SMILES string of the molecule is CC(C)NCc1sc(-c2ccsc2)nc1C(C)(C)C. The van der Waals surface area contributed by atoms with Crippen LogP contribution in [0.25, 0.3) is 10.6 Å². The van der Waals surface area contributed by atoms with Gasteiger partial charge in [-0.1, -0.05) is 34.6 Å². The number of nitrogens with one attached hydrogen (secondary N) is 1. The van der Waals surface area contributed by atoms with Gasteiger partial charge in [0.15, 0.2) is 0 Å². The molecule has 0 saturated carbocycles. The Hall–Kier alpha value is -0.710. The van der Waals surface area contributed by atoms with E-state index in [1.807, 2.05) is 11.3 Å². The third-order valence-electron chi connectivity index (χ3n) is 2.85. The summed E-state index contributed by atoms with van der Waals surface area (Å²) in [6.45, 7) is 12.0. The van der Waals surface area contributed by atoms with Crippen molar-refractivity contribution in [2.24, 2.45) is 0 Å². The average molecular weight is 294 g/mol. The van der Waals surface area contributed by atoms with Crippen LogP contribution in [0.3, 0.4) is 0 Å². The molecule has 4 heteroatoms. The van der Waals surface area contributed by atoms with E-state index in [-0.39, 0.29) is 5.41 Å². The molecule has 2 aromatic rings. The molecule has 0 aliphatic rings. The molecule has 0 bridgehead atoms. The first-order chi connectivity index (χ1) is 8.88. The zero-order valence-electron chi connectivity index (χ0n) is 12.3. The van der Waals surface area contributed by atoms with Gasteiger partial charge in [0.05, 0.1) is 5.69 Å². The van der Waals surface area contributed by atoms with Crippen LogP contribution < -0.4 is 5.32 Å². The van der Waals surface area contributed by atoms with Crippen LogP contribution in [0, 0.1) is 0 Å². The van der Waals surface area contributed by atoms with E-state index in [9.17, 15) is 0 Å². The van der Waals surface area contributed by atoms with Gasteiger partial charge in [-0.15, -0.1) is 11.3 Å². The van der Waals surface area contributed by atoms with Crippen LogP contribution in [0.15, 0.2) is 16.8 Å². The molecule has 2 aromatic heterocycles. The molecule has 1 N–H and O–H groups in total. The molecule has 0 atom stereocenters. The Balaban J connectivity index is 2.34. The summed E-state index contributed by atoms with van der Waals surface area (Å²) in [6.07, 6.45) is 0. The van der Waals surface area contributed by atoms with E-state index in [1.165, 1.54) is 16.1 Å². The lowest BCUT2D eigenvalue weighted by molar-refractivity contribution is 0.546. The molecule has 0 aromatic carbocycles. The number of thiophene rings is 1. The summed E-state index contributed by atoms with van der Waals surface area (Å²) in [5.74, 6) is 0. The van der Waals surface area contributed by atoms with E-state index in [1.54, 1.807) is 11.3 Å². The van der Waals surface area contributed by atoms with Crippen molar-refractivity contribution >= 4 is 22.7 Å². The maximum Gasteiger partial charge on any atom is 0.124 e. The summed E-state index contributed by atoms with van der Waals surface area (Å²) >= 11 is 3.55. The van der Waals surface area contributed by atoms with Gasteiger partial charge in [-0.2, -0.15) is 11.3 Å². The second kappa shape index (κ2) is 5.73. The van der Waals surface area contributed by atoms with Gasteiger partial charge in [-0.25, -0.2) is 4.98 Å². The van der Waals surface area contributed by atoms with Crippen molar-refractivity contribution in [3.05, 3.63) is 27.4 Å². The van der Waals surface area contributed by atoms with Crippen LogP contribution in [0.1, 0.15) is 45.2 Å². The molecule has 2 rings (SSSR count). The van der Waals surface area contributed by atoms with Crippen molar-refractivity contribution < 1.29 is 0 Å². The number of aromatic nitrogens is 1. The van der Waals surface area contributed by atoms with E-state index in [0.717, 1.165) is 11.6 Å². The highest BCUT2D eigenvalue weighted by Gasteiger charge is 2.23. The number of hydrogen-bond donors (Lipinski definition) is 1. The average Bonchev–Trinajstić information content (AvgIpc) is 2.94. The number of rotatable bonds is 4. The third kappa shape index (κ3) is 3.65. The van der Waals surface area contributed by atoms with Crippen LogP contribution in [-0.4, -0.2) is 11.0 Å². The van der Waals surface area contributed by atoms with Crippen LogP contribution in [0.4, 0.5) is 0 Å². The Morgan fingerprint density at radius 3 is 2.58 bits per heavy atom. The molecule has 0 aliphatic carbocycles. The molecular formula is C15H22N2S2. The first-order valence-corrected chi connectivity index (χ1v) is 8.40. The fourth-order valence-electron chi connectivity index (χ4n) is 1.86. The molecule has 0 spiro atoms. The number of hydrogen-bond acceptors (Lipinski definition) is 4. The van der Waals surface area contributed by atoms with Crippen molar-refractivity contribution in [1.29, 1.82) is 0 Å². The highest BCUT2D eigenvalue weighted by atomic mass is 32.1. The van der Waals surface area contributed by atoms with Crippen LogP contribution in [0.5, 0.6) is 0 Å². The maximum atomic E-state index is 4.89. The molecule has 0 aliphatic heterocycles. The molecule has 104 valence electrons. The molecule has 0 amide bonds. The molecule has 0 fully saturated rings. The highest BCUT2D eigenvalue weighted by Crippen LogP contribution is 2.35. The van der Waals surface area contributed by atoms with Gasteiger partial charge in [0.25, 0.3) is 0 Å². The lowest BCUT2D eigenvalue weighted by atomic mass is 9.91. The smallest absolute Gasteiger partial charge is 0.124 e. The van der Waals surface area contributed by atoms with Gasteiger partial charge in [0.2, 0.25) is 0 Å². The summed E-state index contributed by atoms with van der Waals surface area (Å²) in [5, 5.41) is 8.93. The Labute approximate surface area is 123 Å². The van der Waals surface area contributed by atoms with Gasteiger partial charge >= 0.3 is 0 Å². The molecular weight excluding hydrogens is 272 g/mol. The standard InChI is InChI=1S/C15H22N2S2/c1-10(2)16-8-12-13(15(3,4)5)17-14(19-12)11-6-7-18-9-11/h6-7,9-10,16H,8H2,1-5H3. The van der Waals surface area contributed by atoms with E-state index in [0.29, 0.717) is 6.04 Å². The van der Waals surface area contributed by atoms with Crippen LogP contribution in [0.2, 0.25) is 0 Å².